The Bertz CT molecular complexity index is 429. The highest BCUT2D eigenvalue weighted by molar-refractivity contribution is 6.31. The van der Waals surface area contributed by atoms with Gasteiger partial charge in [-0.15, -0.1) is 0 Å². The summed E-state index contributed by atoms with van der Waals surface area (Å²) in [6, 6.07) is 2.93. The molecule has 0 saturated carbocycles. The molecule has 0 spiro atoms. The Morgan fingerprint density at radius 3 is 2.83 bits per heavy atom. The van der Waals surface area contributed by atoms with Crippen LogP contribution in [0.1, 0.15) is 18.5 Å². The first-order valence-corrected chi connectivity index (χ1v) is 5.83. The molecule has 0 aliphatic carbocycles. The Kier molecular flexibility index (Phi) is 5.53. The summed E-state index contributed by atoms with van der Waals surface area (Å²) in [5.74, 6) is -0.761. The fourth-order valence-electron chi connectivity index (χ4n) is 1.51. The van der Waals surface area contributed by atoms with Gasteiger partial charge in [0.2, 0.25) is 5.91 Å². The van der Waals surface area contributed by atoms with Gasteiger partial charge in [0.05, 0.1) is 12.6 Å². The SMILES string of the molecule is COCC(N)C(=O)NC(C)c1ccc(F)cc1Cl. The van der Waals surface area contributed by atoms with Crippen molar-refractivity contribution in [3.8, 4) is 0 Å². The molecular formula is C12H16ClFN2O2. The van der Waals surface area contributed by atoms with E-state index in [9.17, 15) is 9.18 Å². The summed E-state index contributed by atoms with van der Waals surface area (Å²) < 4.78 is 17.7. The zero-order valence-electron chi connectivity index (χ0n) is 10.2. The van der Waals surface area contributed by atoms with E-state index in [0.717, 1.165) is 0 Å². The number of ether oxygens (including phenoxy) is 1. The van der Waals surface area contributed by atoms with E-state index in [-0.39, 0.29) is 23.6 Å². The van der Waals surface area contributed by atoms with Gasteiger partial charge in [0.15, 0.2) is 0 Å². The largest absolute Gasteiger partial charge is 0.383 e. The van der Waals surface area contributed by atoms with Crippen molar-refractivity contribution in [2.45, 2.75) is 19.0 Å². The number of amides is 1. The minimum Gasteiger partial charge on any atom is -0.383 e. The van der Waals surface area contributed by atoms with Crippen LogP contribution in [0.2, 0.25) is 5.02 Å². The number of carbonyl (C=O) groups excluding carboxylic acids is 1. The summed E-state index contributed by atoms with van der Waals surface area (Å²) in [6.07, 6.45) is 0. The van der Waals surface area contributed by atoms with Crippen LogP contribution in [-0.2, 0) is 9.53 Å². The highest BCUT2D eigenvalue weighted by atomic mass is 35.5. The maximum Gasteiger partial charge on any atom is 0.239 e. The van der Waals surface area contributed by atoms with Crippen molar-refractivity contribution in [2.24, 2.45) is 5.73 Å². The number of nitrogens with one attached hydrogen (secondary N) is 1. The Balaban J connectivity index is 2.70. The standard InChI is InChI=1S/C12H16ClFN2O2/c1-7(16-12(17)11(15)6-18-2)9-4-3-8(14)5-10(9)13/h3-5,7,11H,6,15H2,1-2H3,(H,16,17). The molecule has 3 N–H and O–H groups in total. The minimum atomic E-state index is -0.739. The van der Waals surface area contributed by atoms with Crippen molar-refractivity contribution in [3.63, 3.8) is 0 Å². The van der Waals surface area contributed by atoms with Gasteiger partial charge in [-0.3, -0.25) is 4.79 Å². The maximum absolute atomic E-state index is 12.9. The van der Waals surface area contributed by atoms with E-state index in [0.29, 0.717) is 5.56 Å². The Morgan fingerprint density at radius 1 is 1.61 bits per heavy atom. The number of nitrogens with two attached hydrogens (primary N) is 1. The van der Waals surface area contributed by atoms with Crippen LogP contribution >= 0.6 is 11.6 Å². The van der Waals surface area contributed by atoms with E-state index in [1.165, 1.54) is 25.3 Å². The number of benzene rings is 1. The number of halogens is 2. The van der Waals surface area contributed by atoms with E-state index in [4.69, 9.17) is 22.1 Å². The number of methoxy groups -OCH3 is 1. The molecule has 0 heterocycles. The van der Waals surface area contributed by atoms with Crippen molar-refractivity contribution in [2.75, 3.05) is 13.7 Å². The summed E-state index contributed by atoms with van der Waals surface area (Å²) in [5, 5.41) is 2.96. The topological polar surface area (TPSA) is 64.3 Å². The van der Waals surface area contributed by atoms with Gasteiger partial charge in [0, 0.05) is 12.1 Å². The van der Waals surface area contributed by atoms with Gasteiger partial charge in [0.1, 0.15) is 11.9 Å². The summed E-state index contributed by atoms with van der Waals surface area (Å²) in [5.41, 5.74) is 6.22. The third-order valence-electron chi connectivity index (χ3n) is 2.47. The predicted molar refractivity (Wildman–Crippen MR) is 67.8 cm³/mol. The van der Waals surface area contributed by atoms with Crippen molar-refractivity contribution < 1.29 is 13.9 Å². The van der Waals surface area contributed by atoms with Crippen LogP contribution in [0.5, 0.6) is 0 Å². The fourth-order valence-corrected chi connectivity index (χ4v) is 1.84. The van der Waals surface area contributed by atoms with Crippen LogP contribution < -0.4 is 11.1 Å². The van der Waals surface area contributed by atoms with Gasteiger partial charge in [-0.25, -0.2) is 4.39 Å². The molecule has 0 saturated heterocycles. The van der Waals surface area contributed by atoms with Crippen LogP contribution in [-0.4, -0.2) is 25.7 Å². The summed E-state index contributed by atoms with van der Waals surface area (Å²) in [6.45, 7) is 1.88. The molecule has 0 aromatic heterocycles. The van der Waals surface area contributed by atoms with E-state index >= 15 is 0 Å². The number of hydrogen-bond acceptors (Lipinski definition) is 3. The van der Waals surface area contributed by atoms with E-state index < -0.39 is 11.9 Å². The lowest BCUT2D eigenvalue weighted by molar-refractivity contribution is -0.124. The maximum atomic E-state index is 12.9. The quantitative estimate of drug-likeness (QED) is 0.858. The Morgan fingerprint density at radius 2 is 2.28 bits per heavy atom. The van der Waals surface area contributed by atoms with Crippen LogP contribution in [0.3, 0.4) is 0 Å². The lowest BCUT2D eigenvalue weighted by atomic mass is 10.1. The monoisotopic (exact) mass is 274 g/mol. The van der Waals surface area contributed by atoms with Crippen LogP contribution in [0, 0.1) is 5.82 Å². The highest BCUT2D eigenvalue weighted by Crippen LogP contribution is 2.23. The van der Waals surface area contributed by atoms with Crippen LogP contribution in [0.4, 0.5) is 4.39 Å². The smallest absolute Gasteiger partial charge is 0.239 e. The third kappa shape index (κ3) is 3.94. The van der Waals surface area contributed by atoms with Gasteiger partial charge in [0.25, 0.3) is 0 Å². The normalized spacial score (nSPS) is 14.1. The molecule has 6 heteroatoms. The summed E-state index contributed by atoms with van der Waals surface area (Å²) in [7, 11) is 1.47. The molecule has 0 aliphatic rings. The van der Waals surface area contributed by atoms with E-state index in [2.05, 4.69) is 5.32 Å². The van der Waals surface area contributed by atoms with Crippen molar-refractivity contribution in [3.05, 3.63) is 34.6 Å². The molecule has 18 heavy (non-hydrogen) atoms. The molecule has 2 unspecified atom stereocenters. The zero-order chi connectivity index (χ0) is 13.7. The second kappa shape index (κ2) is 6.68. The molecule has 0 radical (unpaired) electrons. The van der Waals surface area contributed by atoms with Crippen molar-refractivity contribution in [1.29, 1.82) is 0 Å². The first-order chi connectivity index (χ1) is 8.45. The fraction of sp³-hybridized carbons (Fsp3) is 0.417. The number of rotatable bonds is 5. The van der Waals surface area contributed by atoms with Gasteiger partial charge in [-0.05, 0) is 24.6 Å². The molecule has 1 aromatic carbocycles. The van der Waals surface area contributed by atoms with Gasteiger partial charge < -0.3 is 15.8 Å². The van der Waals surface area contributed by atoms with Crippen LogP contribution in [0.15, 0.2) is 18.2 Å². The van der Waals surface area contributed by atoms with Crippen molar-refractivity contribution in [1.82, 2.24) is 5.32 Å². The Labute approximate surface area is 110 Å². The zero-order valence-corrected chi connectivity index (χ0v) is 11.0. The minimum absolute atomic E-state index is 0.135. The average Bonchev–Trinajstić information content (AvgIpc) is 2.28. The van der Waals surface area contributed by atoms with Crippen LogP contribution in [0.25, 0.3) is 0 Å². The number of hydrogen-bond donors (Lipinski definition) is 2. The molecule has 0 bridgehead atoms. The molecule has 4 nitrogen and oxygen atoms in total. The molecule has 1 amide bonds. The second-order valence-electron chi connectivity index (χ2n) is 3.96. The van der Waals surface area contributed by atoms with E-state index in [1.807, 2.05) is 0 Å². The molecule has 0 aliphatic heterocycles. The molecule has 100 valence electrons. The highest BCUT2D eigenvalue weighted by Gasteiger charge is 2.18. The summed E-state index contributed by atoms with van der Waals surface area (Å²) in [4.78, 5) is 11.7. The van der Waals surface area contributed by atoms with Gasteiger partial charge in [-0.2, -0.15) is 0 Å². The first kappa shape index (κ1) is 14.9. The summed E-state index contributed by atoms with van der Waals surface area (Å²) >= 11 is 5.90. The lowest BCUT2D eigenvalue weighted by Crippen LogP contribution is -2.44. The molecule has 1 aromatic rings. The predicted octanol–water partition coefficient (Wildman–Crippen LogP) is 1.63. The van der Waals surface area contributed by atoms with E-state index in [1.54, 1.807) is 6.92 Å². The Hall–Kier alpha value is -1.17. The first-order valence-electron chi connectivity index (χ1n) is 5.45. The second-order valence-corrected chi connectivity index (χ2v) is 4.37. The lowest BCUT2D eigenvalue weighted by Gasteiger charge is -2.18. The van der Waals surface area contributed by atoms with Gasteiger partial charge in [-0.1, -0.05) is 17.7 Å². The molecular weight excluding hydrogens is 259 g/mol. The van der Waals surface area contributed by atoms with Crippen molar-refractivity contribution >= 4 is 17.5 Å². The third-order valence-corrected chi connectivity index (χ3v) is 2.80. The average molecular weight is 275 g/mol. The van der Waals surface area contributed by atoms with Gasteiger partial charge >= 0.3 is 0 Å². The molecule has 0 fully saturated rings. The molecule has 1 rings (SSSR count). The number of carbonyl (C=O) groups is 1. The molecule has 2 atom stereocenters.